The molecule has 296 valence electrons. The first-order chi connectivity index (χ1) is 26.9. The summed E-state index contributed by atoms with van der Waals surface area (Å²) < 4.78 is 36.4. The standard InChI is InChI=1S/C43H50ClN5O6S/c1-30-34(26-47(3)14-15-48-16-18-56(52,53)19-17-48)8-6-10-37(30)38-11-7-9-35(31(38)2)29-55-42-22-41(54-28-33-20-32(23-45)24-46-25-33)36(21-39(42)44)27-49-13-5-4-12-40(49)43(50)51/h6-11,20-22,24-25,40H,4-5,12-19,26-29H2,1-3H3,(H,50,51)/t40-/m0/s1. The van der Waals surface area contributed by atoms with Gasteiger partial charge >= 0.3 is 5.97 Å². The van der Waals surface area contributed by atoms with Gasteiger partial charge in [-0.2, -0.15) is 5.26 Å². The number of likely N-dealkylation sites (tertiary alicyclic amines) is 1. The Bertz CT molecular complexity index is 2180. The molecule has 11 nitrogen and oxygen atoms in total. The highest BCUT2D eigenvalue weighted by Gasteiger charge is 2.29. The summed E-state index contributed by atoms with van der Waals surface area (Å²) in [5.74, 6) is 0.608. The monoisotopic (exact) mass is 799 g/mol. The van der Waals surface area contributed by atoms with E-state index in [0.717, 1.165) is 65.9 Å². The van der Waals surface area contributed by atoms with Gasteiger partial charge in [-0.1, -0.05) is 54.4 Å². The van der Waals surface area contributed by atoms with Crippen molar-refractivity contribution in [3.8, 4) is 28.7 Å². The zero-order valence-corrected chi connectivity index (χ0v) is 33.9. The number of piperidine rings is 1. The number of ether oxygens (including phenoxy) is 2. The Labute approximate surface area is 335 Å². The molecule has 6 rings (SSSR count). The summed E-state index contributed by atoms with van der Waals surface area (Å²) in [6, 6.07) is 19.5. The molecule has 0 bridgehead atoms. The second-order valence-electron chi connectivity index (χ2n) is 14.9. The van der Waals surface area contributed by atoms with Crippen LogP contribution in [0.5, 0.6) is 11.5 Å². The molecule has 2 saturated heterocycles. The molecule has 13 heteroatoms. The third-order valence-corrected chi connectivity index (χ3v) is 12.9. The molecule has 0 amide bonds. The number of likely N-dealkylation sites (N-methyl/N-ethyl adjacent to an activating group) is 1. The fourth-order valence-electron chi connectivity index (χ4n) is 7.50. The van der Waals surface area contributed by atoms with Crippen LogP contribution in [0, 0.1) is 25.2 Å². The number of nitrogens with zero attached hydrogens (tertiary/aromatic N) is 5. The minimum atomic E-state index is -2.89. The van der Waals surface area contributed by atoms with Gasteiger partial charge in [0.2, 0.25) is 0 Å². The van der Waals surface area contributed by atoms with Gasteiger partial charge in [-0.05, 0) is 85.8 Å². The third-order valence-electron chi connectivity index (χ3n) is 10.9. The summed E-state index contributed by atoms with van der Waals surface area (Å²) in [7, 11) is -0.786. The Hall–Kier alpha value is -4.51. The van der Waals surface area contributed by atoms with E-state index in [4.69, 9.17) is 21.1 Å². The van der Waals surface area contributed by atoms with Crippen molar-refractivity contribution in [1.82, 2.24) is 19.7 Å². The Balaban J connectivity index is 1.18. The predicted octanol–water partition coefficient (Wildman–Crippen LogP) is 6.65. The van der Waals surface area contributed by atoms with Gasteiger partial charge in [0, 0.05) is 68.9 Å². The van der Waals surface area contributed by atoms with Gasteiger partial charge in [0.1, 0.15) is 36.8 Å². The number of carboxylic acids is 1. The Morgan fingerprint density at radius 3 is 2.36 bits per heavy atom. The summed E-state index contributed by atoms with van der Waals surface area (Å²) >= 11 is 6.87. The fourth-order valence-corrected chi connectivity index (χ4v) is 9.02. The Morgan fingerprint density at radius 1 is 0.946 bits per heavy atom. The molecule has 2 aliphatic rings. The van der Waals surface area contributed by atoms with Crippen LogP contribution in [-0.4, -0.2) is 96.5 Å². The maximum absolute atomic E-state index is 12.1. The number of aromatic nitrogens is 1. The number of carbonyl (C=O) groups is 1. The van der Waals surface area contributed by atoms with E-state index in [9.17, 15) is 23.6 Å². The number of aliphatic carboxylic acids is 1. The minimum absolute atomic E-state index is 0.152. The first kappa shape index (κ1) is 41.1. The van der Waals surface area contributed by atoms with Gasteiger partial charge in [0.15, 0.2) is 9.84 Å². The Morgan fingerprint density at radius 2 is 1.64 bits per heavy atom. The second kappa shape index (κ2) is 18.6. The van der Waals surface area contributed by atoms with Crippen LogP contribution in [-0.2, 0) is 40.9 Å². The van der Waals surface area contributed by atoms with Gasteiger partial charge in [-0.3, -0.25) is 14.7 Å². The quantitative estimate of drug-likeness (QED) is 0.139. The molecule has 0 aliphatic carbocycles. The van der Waals surface area contributed by atoms with Crippen molar-refractivity contribution in [3.63, 3.8) is 0 Å². The maximum Gasteiger partial charge on any atom is 0.320 e. The summed E-state index contributed by atoms with van der Waals surface area (Å²) in [5.41, 5.74) is 8.73. The van der Waals surface area contributed by atoms with Crippen molar-refractivity contribution in [2.75, 3.05) is 51.3 Å². The van der Waals surface area contributed by atoms with Crippen molar-refractivity contribution in [1.29, 1.82) is 5.26 Å². The molecular weight excluding hydrogens is 750 g/mol. The molecule has 3 aromatic carbocycles. The number of pyridine rings is 1. The van der Waals surface area contributed by atoms with E-state index in [1.165, 1.54) is 17.3 Å². The van der Waals surface area contributed by atoms with Crippen LogP contribution in [0.1, 0.15) is 58.2 Å². The van der Waals surface area contributed by atoms with E-state index in [-0.39, 0.29) is 24.7 Å². The van der Waals surface area contributed by atoms with Gasteiger partial charge in [-0.25, -0.2) is 8.42 Å². The molecule has 2 aliphatic heterocycles. The second-order valence-corrected chi connectivity index (χ2v) is 17.6. The van der Waals surface area contributed by atoms with Crippen LogP contribution >= 0.6 is 11.6 Å². The minimum Gasteiger partial charge on any atom is -0.488 e. The van der Waals surface area contributed by atoms with Crippen molar-refractivity contribution in [2.24, 2.45) is 0 Å². The van der Waals surface area contributed by atoms with Crippen LogP contribution in [0.2, 0.25) is 5.02 Å². The summed E-state index contributed by atoms with van der Waals surface area (Å²) in [6.07, 6.45) is 5.52. The number of sulfone groups is 1. The number of rotatable bonds is 15. The topological polar surface area (TPSA) is 136 Å². The third kappa shape index (κ3) is 10.5. The molecule has 0 saturated carbocycles. The smallest absolute Gasteiger partial charge is 0.320 e. The molecule has 1 N–H and O–H groups in total. The molecule has 3 heterocycles. The van der Waals surface area contributed by atoms with Gasteiger partial charge in [-0.15, -0.1) is 0 Å². The van der Waals surface area contributed by atoms with Crippen LogP contribution < -0.4 is 9.47 Å². The van der Waals surface area contributed by atoms with Crippen LogP contribution in [0.15, 0.2) is 67.0 Å². The highest BCUT2D eigenvalue weighted by Crippen LogP contribution is 2.37. The first-order valence-corrected chi connectivity index (χ1v) is 21.3. The zero-order chi connectivity index (χ0) is 39.8. The van der Waals surface area contributed by atoms with Crippen molar-refractivity contribution in [3.05, 3.63) is 111 Å². The summed E-state index contributed by atoms with van der Waals surface area (Å²) in [6.45, 7) is 9.34. The highest BCUT2D eigenvalue weighted by atomic mass is 35.5. The molecule has 1 aromatic heterocycles. The SMILES string of the molecule is Cc1c(COc2cc(OCc3cncc(C#N)c3)c(CN3CCCC[C@H]3C(=O)O)cc2Cl)cccc1-c1cccc(CN(C)CCN2CCS(=O)(=O)CC2)c1C. The number of halogens is 1. The van der Waals surface area contributed by atoms with E-state index >= 15 is 0 Å². The largest absolute Gasteiger partial charge is 0.488 e. The van der Waals surface area contributed by atoms with E-state index < -0.39 is 21.8 Å². The van der Waals surface area contributed by atoms with E-state index in [1.807, 2.05) is 11.0 Å². The summed E-state index contributed by atoms with van der Waals surface area (Å²) in [5, 5.41) is 19.7. The van der Waals surface area contributed by atoms with Gasteiger partial charge < -0.3 is 24.4 Å². The maximum atomic E-state index is 12.1. The lowest BCUT2D eigenvalue weighted by atomic mass is 9.91. The Kier molecular flexibility index (Phi) is 13.7. The molecule has 0 unspecified atom stereocenters. The lowest BCUT2D eigenvalue weighted by Gasteiger charge is -2.33. The van der Waals surface area contributed by atoms with Crippen LogP contribution in [0.25, 0.3) is 11.1 Å². The van der Waals surface area contributed by atoms with Gasteiger partial charge in [0.25, 0.3) is 0 Å². The average Bonchev–Trinajstić information content (AvgIpc) is 3.18. The normalized spacial score (nSPS) is 17.4. The molecule has 56 heavy (non-hydrogen) atoms. The predicted molar refractivity (Wildman–Crippen MR) is 218 cm³/mol. The molecule has 0 spiro atoms. The van der Waals surface area contributed by atoms with E-state index in [2.05, 4.69) is 72.1 Å². The molecule has 2 fully saturated rings. The lowest BCUT2D eigenvalue weighted by Crippen LogP contribution is -2.44. The van der Waals surface area contributed by atoms with Crippen LogP contribution in [0.3, 0.4) is 0 Å². The summed E-state index contributed by atoms with van der Waals surface area (Å²) in [4.78, 5) is 22.7. The molecule has 4 aromatic rings. The number of hydrogen-bond acceptors (Lipinski definition) is 10. The van der Waals surface area contributed by atoms with Crippen molar-refractivity contribution < 1.29 is 27.8 Å². The molecule has 0 radical (unpaired) electrons. The molecule has 1 atom stereocenters. The number of nitriles is 1. The van der Waals surface area contributed by atoms with Crippen molar-refractivity contribution >= 4 is 27.4 Å². The first-order valence-electron chi connectivity index (χ1n) is 19.1. The van der Waals surface area contributed by atoms with Gasteiger partial charge in [0.05, 0.1) is 22.1 Å². The highest BCUT2D eigenvalue weighted by molar-refractivity contribution is 7.91. The fraction of sp³-hybridized carbons (Fsp3) is 0.419. The lowest BCUT2D eigenvalue weighted by molar-refractivity contribution is -0.144. The number of carboxylic acid groups (broad SMARTS) is 1. The van der Waals surface area contributed by atoms with E-state index in [1.54, 1.807) is 24.4 Å². The molecular formula is C43H50ClN5O6S. The number of benzene rings is 3. The van der Waals surface area contributed by atoms with Crippen LogP contribution in [0.4, 0.5) is 0 Å². The average molecular weight is 800 g/mol. The number of hydrogen-bond donors (Lipinski definition) is 1. The zero-order valence-electron chi connectivity index (χ0n) is 32.3. The van der Waals surface area contributed by atoms with E-state index in [0.29, 0.717) is 54.7 Å². The van der Waals surface area contributed by atoms with Crippen molar-refractivity contribution in [2.45, 2.75) is 65.5 Å².